The normalized spacial score (nSPS) is 8.93. The molecule has 15 heavy (non-hydrogen) atoms. The maximum atomic E-state index is 9.66. The van der Waals surface area contributed by atoms with Crippen LogP contribution >= 0.6 is 0 Å². The molecule has 0 atom stereocenters. The Morgan fingerprint density at radius 2 is 1.07 bits per heavy atom. The Morgan fingerprint density at radius 1 is 0.867 bits per heavy atom. The summed E-state index contributed by atoms with van der Waals surface area (Å²) in [5.74, 6) is -2.07. The third kappa shape index (κ3) is 31.8. The zero-order valence-corrected chi connectivity index (χ0v) is 10.2. The Balaban J connectivity index is -0.000000180. The Morgan fingerprint density at radius 3 is 1.07 bits per heavy atom. The molecule has 7 heteroatoms. The summed E-state index contributed by atoms with van der Waals surface area (Å²) >= 11 is 0. The van der Waals surface area contributed by atoms with Crippen LogP contribution in [0, 0.1) is 0 Å². The number of likely N-dealkylation sites (N-methyl/N-ethyl adjacent to an activating group) is 2. The van der Waals surface area contributed by atoms with E-state index in [2.05, 4.69) is 0 Å². The molecule has 0 saturated carbocycles. The minimum atomic E-state index is -1.04. The smallest absolute Gasteiger partial charge is 0.549 e. The molecule has 0 aliphatic rings. The second kappa shape index (κ2) is 11.5. The van der Waals surface area contributed by atoms with Crippen molar-refractivity contribution in [3.8, 4) is 0 Å². The summed E-state index contributed by atoms with van der Waals surface area (Å²) in [6.07, 6.45) is 0. The average molecular weight is 268 g/mol. The van der Waals surface area contributed by atoms with Gasteiger partial charge in [0.25, 0.3) is 0 Å². The van der Waals surface area contributed by atoms with E-state index in [9.17, 15) is 19.8 Å². The van der Waals surface area contributed by atoms with Gasteiger partial charge in [0.2, 0.25) is 0 Å². The molecule has 0 saturated heterocycles. The quantitative estimate of drug-likeness (QED) is 0.494. The van der Waals surface area contributed by atoms with Crippen LogP contribution in [0.5, 0.6) is 0 Å². The van der Waals surface area contributed by atoms with Crippen molar-refractivity contribution >= 4 is 11.9 Å². The van der Waals surface area contributed by atoms with Crippen LogP contribution in [-0.4, -0.2) is 63.0 Å². The third-order valence-corrected chi connectivity index (χ3v) is 0.891. The number of carbonyl (C=O) groups is 2. The number of rotatable bonds is 4. The Hall–Kier alpha value is -0.621. The van der Waals surface area contributed by atoms with Gasteiger partial charge in [-0.2, -0.15) is 0 Å². The summed E-state index contributed by atoms with van der Waals surface area (Å²) in [6, 6.07) is 0. The first kappa shape index (κ1) is 19.9. The Kier molecular flexibility index (Phi) is 15.2. The average Bonchev–Trinajstić information content (AvgIpc) is 1.79. The fraction of sp³-hybridized carbons (Fsp3) is 0.750. The summed E-state index contributed by atoms with van der Waals surface area (Å²) in [5, 5.41) is 19.3. The molecule has 6 nitrogen and oxygen atoms in total. The molecule has 0 bridgehead atoms. The second-order valence-electron chi connectivity index (χ2n) is 3.22. The van der Waals surface area contributed by atoms with E-state index in [0.29, 0.717) is 0 Å². The van der Waals surface area contributed by atoms with Gasteiger partial charge in [0.15, 0.2) is 0 Å². The first-order valence-electron chi connectivity index (χ1n) is 3.94. The second-order valence-corrected chi connectivity index (χ2v) is 3.22. The zero-order valence-electron chi connectivity index (χ0n) is 9.24. The number of carboxylic acids is 2. The van der Waals surface area contributed by atoms with Gasteiger partial charge < -0.3 is 29.6 Å². The van der Waals surface area contributed by atoms with Crippen LogP contribution in [0.4, 0.5) is 0 Å². The van der Waals surface area contributed by atoms with Gasteiger partial charge in [-0.25, -0.2) is 0 Å². The molecule has 93 valence electrons. The van der Waals surface area contributed by atoms with Gasteiger partial charge >= 0.3 is 17.1 Å². The van der Waals surface area contributed by atoms with E-state index in [0.717, 1.165) is 0 Å². The topological polar surface area (TPSA) is 86.7 Å². The molecular weight excluding hydrogens is 252 g/mol. The van der Waals surface area contributed by atoms with Gasteiger partial charge in [-0.1, -0.05) is 0 Å². The zero-order chi connectivity index (χ0) is 11.7. The Labute approximate surface area is 100 Å². The third-order valence-electron chi connectivity index (χ3n) is 0.891. The van der Waals surface area contributed by atoms with E-state index in [1.54, 1.807) is 28.2 Å². The molecule has 0 aromatic carbocycles. The predicted octanol–water partition coefficient (Wildman–Crippen LogP) is -3.41. The molecular formula is C8H16CuN2O4. The number of hydrogen-bond acceptors (Lipinski definition) is 6. The molecule has 0 aromatic rings. The molecule has 0 unspecified atom stereocenters. The van der Waals surface area contributed by atoms with Gasteiger partial charge in [-0.15, -0.1) is 0 Å². The van der Waals surface area contributed by atoms with Crippen molar-refractivity contribution in [2.24, 2.45) is 0 Å². The summed E-state index contributed by atoms with van der Waals surface area (Å²) < 4.78 is 0. The number of carbonyl (C=O) groups excluding carboxylic acids is 2. The fourth-order valence-corrected chi connectivity index (χ4v) is 0.516. The maximum Gasteiger partial charge on any atom is 2.00 e. The number of carboxylic acid groups (broad SMARTS) is 2. The summed E-state index contributed by atoms with van der Waals surface area (Å²) in [5.41, 5.74) is 0. The monoisotopic (exact) mass is 267 g/mol. The van der Waals surface area contributed by atoms with Crippen molar-refractivity contribution in [3.05, 3.63) is 0 Å². The summed E-state index contributed by atoms with van der Waals surface area (Å²) in [4.78, 5) is 22.4. The van der Waals surface area contributed by atoms with Crippen molar-refractivity contribution in [1.29, 1.82) is 0 Å². The van der Waals surface area contributed by atoms with Gasteiger partial charge in [-0.3, -0.25) is 0 Å². The number of aliphatic carboxylic acids is 2. The molecule has 0 heterocycles. The van der Waals surface area contributed by atoms with Crippen molar-refractivity contribution in [2.75, 3.05) is 41.3 Å². The van der Waals surface area contributed by atoms with Gasteiger partial charge in [0, 0.05) is 13.1 Å². The Bertz CT molecular complexity index is 165. The van der Waals surface area contributed by atoms with E-state index in [1.807, 2.05) is 0 Å². The molecule has 0 rings (SSSR count). The molecule has 0 amide bonds. The molecule has 0 N–H and O–H groups in total. The number of nitrogens with zero attached hydrogens (tertiary/aromatic N) is 2. The van der Waals surface area contributed by atoms with E-state index >= 15 is 0 Å². The maximum absolute atomic E-state index is 9.66. The SMILES string of the molecule is CN(C)CC(=O)[O-].CN(C)CC(=O)[O-].[Cu+2]. The van der Waals surface area contributed by atoms with E-state index in [1.165, 1.54) is 9.80 Å². The van der Waals surface area contributed by atoms with Gasteiger partial charge in [0.05, 0.1) is 11.9 Å². The van der Waals surface area contributed by atoms with E-state index in [-0.39, 0.29) is 30.2 Å². The van der Waals surface area contributed by atoms with Crippen LogP contribution in [0.1, 0.15) is 0 Å². The van der Waals surface area contributed by atoms with E-state index < -0.39 is 11.9 Å². The number of hydrogen-bond donors (Lipinski definition) is 0. The molecule has 0 spiro atoms. The molecule has 0 aliphatic heterocycles. The van der Waals surface area contributed by atoms with E-state index in [4.69, 9.17) is 0 Å². The summed E-state index contributed by atoms with van der Waals surface area (Å²) in [6.45, 7) is 0. The molecule has 1 radical (unpaired) electrons. The van der Waals surface area contributed by atoms with Crippen molar-refractivity contribution in [1.82, 2.24) is 9.80 Å². The summed E-state index contributed by atoms with van der Waals surface area (Å²) in [7, 11) is 6.71. The van der Waals surface area contributed by atoms with Crippen LogP contribution in [-0.2, 0) is 26.7 Å². The molecule has 0 fully saturated rings. The standard InChI is InChI=1S/2C4H9NO2.Cu/c2*1-5(2)3-4(6)7;/h2*3H2,1-2H3,(H,6,7);/q;;+2/p-2. The van der Waals surface area contributed by atoms with Crippen molar-refractivity contribution < 1.29 is 36.9 Å². The predicted molar refractivity (Wildman–Crippen MR) is 47.1 cm³/mol. The van der Waals surface area contributed by atoms with Gasteiger partial charge in [0.1, 0.15) is 0 Å². The van der Waals surface area contributed by atoms with Crippen LogP contribution in [0.15, 0.2) is 0 Å². The molecule has 0 aliphatic carbocycles. The minimum absolute atomic E-state index is 0. The van der Waals surface area contributed by atoms with Crippen LogP contribution in [0.25, 0.3) is 0 Å². The van der Waals surface area contributed by atoms with Crippen LogP contribution in [0.3, 0.4) is 0 Å². The minimum Gasteiger partial charge on any atom is -0.549 e. The first-order chi connectivity index (χ1) is 6.25. The van der Waals surface area contributed by atoms with Crippen LogP contribution in [0.2, 0.25) is 0 Å². The van der Waals surface area contributed by atoms with Crippen LogP contribution < -0.4 is 10.2 Å². The largest absolute Gasteiger partial charge is 2.00 e. The fourth-order valence-electron chi connectivity index (χ4n) is 0.516. The van der Waals surface area contributed by atoms with Crippen molar-refractivity contribution in [2.45, 2.75) is 0 Å². The van der Waals surface area contributed by atoms with Gasteiger partial charge in [-0.05, 0) is 28.2 Å². The molecule has 0 aromatic heterocycles. The first-order valence-corrected chi connectivity index (χ1v) is 3.94. The van der Waals surface area contributed by atoms with Crippen molar-refractivity contribution in [3.63, 3.8) is 0 Å².